The van der Waals surface area contributed by atoms with E-state index in [0.29, 0.717) is 13.0 Å². The number of anilines is 1. The third kappa shape index (κ3) is 4.49. The third-order valence-electron chi connectivity index (χ3n) is 2.87. The Morgan fingerprint density at radius 3 is 2.48 bits per heavy atom. The van der Waals surface area contributed by atoms with Gasteiger partial charge in [0.2, 0.25) is 0 Å². The molecule has 0 aliphatic carbocycles. The van der Waals surface area contributed by atoms with Gasteiger partial charge in [-0.25, -0.2) is 9.97 Å². The van der Waals surface area contributed by atoms with Gasteiger partial charge in [0.1, 0.15) is 11.6 Å². The van der Waals surface area contributed by atoms with Crippen LogP contribution in [0.15, 0.2) is 33.2 Å². The lowest BCUT2D eigenvalue weighted by Crippen LogP contribution is -2.09. The van der Waals surface area contributed by atoms with E-state index in [0.717, 1.165) is 32.8 Å². The van der Waals surface area contributed by atoms with Crippen LogP contribution in [0.5, 0.6) is 0 Å². The Hall–Kier alpha value is -0.980. The molecule has 0 bridgehead atoms. The molecule has 0 saturated carbocycles. The summed E-state index contributed by atoms with van der Waals surface area (Å²) in [5.41, 5.74) is 2.03. The maximum atomic E-state index is 5.21. The summed E-state index contributed by atoms with van der Waals surface area (Å²) in [5.74, 6) is 1.59. The van der Waals surface area contributed by atoms with Crippen molar-refractivity contribution in [2.24, 2.45) is 0 Å². The van der Waals surface area contributed by atoms with Gasteiger partial charge in [0, 0.05) is 24.5 Å². The molecule has 4 nitrogen and oxygen atoms in total. The first-order chi connectivity index (χ1) is 10.1. The van der Waals surface area contributed by atoms with E-state index in [2.05, 4.69) is 59.3 Å². The van der Waals surface area contributed by atoms with Gasteiger partial charge < -0.3 is 10.1 Å². The monoisotopic (exact) mass is 413 g/mol. The maximum Gasteiger partial charge on any atom is 0.144 e. The van der Waals surface area contributed by atoms with E-state index < -0.39 is 0 Å². The molecule has 0 radical (unpaired) electrons. The molecule has 2 aromatic rings. The summed E-state index contributed by atoms with van der Waals surface area (Å²) in [6, 6.07) is 8.18. The lowest BCUT2D eigenvalue weighted by atomic mass is 10.1. The predicted molar refractivity (Wildman–Crippen MR) is 91.6 cm³/mol. The van der Waals surface area contributed by atoms with Crippen LogP contribution >= 0.6 is 31.9 Å². The zero-order valence-electron chi connectivity index (χ0n) is 12.0. The molecule has 112 valence electrons. The van der Waals surface area contributed by atoms with Crippen molar-refractivity contribution < 1.29 is 4.74 Å². The van der Waals surface area contributed by atoms with E-state index >= 15 is 0 Å². The van der Waals surface area contributed by atoms with Gasteiger partial charge in [0.05, 0.1) is 16.8 Å². The van der Waals surface area contributed by atoms with E-state index in [9.17, 15) is 0 Å². The number of nitrogens with zero attached hydrogens (tertiary/aromatic N) is 2. The molecular weight excluding hydrogens is 398 g/mol. The number of benzene rings is 1. The molecule has 6 heteroatoms. The molecule has 21 heavy (non-hydrogen) atoms. The smallest absolute Gasteiger partial charge is 0.144 e. The van der Waals surface area contributed by atoms with Crippen molar-refractivity contribution in [3.63, 3.8) is 0 Å². The molecule has 0 spiro atoms. The minimum absolute atomic E-state index is 0.453. The van der Waals surface area contributed by atoms with Gasteiger partial charge in [-0.2, -0.15) is 0 Å². The Balaban J connectivity index is 2.31. The Labute approximate surface area is 141 Å². The summed E-state index contributed by atoms with van der Waals surface area (Å²) in [4.78, 5) is 9.17. The molecule has 1 aromatic heterocycles. The van der Waals surface area contributed by atoms with Crippen LogP contribution in [0.1, 0.15) is 24.0 Å². The summed E-state index contributed by atoms with van der Waals surface area (Å²) in [6.45, 7) is 3.30. The highest BCUT2D eigenvalue weighted by Crippen LogP contribution is 2.25. The Morgan fingerprint density at radius 2 is 1.86 bits per heavy atom. The first-order valence-electron chi connectivity index (χ1n) is 6.66. The lowest BCUT2D eigenvalue weighted by molar-refractivity contribution is 0.180. The molecule has 1 N–H and O–H groups in total. The van der Waals surface area contributed by atoms with E-state index in [1.54, 1.807) is 7.11 Å². The number of halogens is 2. The summed E-state index contributed by atoms with van der Waals surface area (Å²) in [6.07, 6.45) is 0.690. The molecule has 0 aliphatic heterocycles. The fourth-order valence-corrected chi connectivity index (χ4v) is 2.62. The van der Waals surface area contributed by atoms with Gasteiger partial charge in [-0.15, -0.1) is 0 Å². The molecule has 0 saturated heterocycles. The fourth-order valence-electron chi connectivity index (χ4n) is 1.93. The van der Waals surface area contributed by atoms with Crippen molar-refractivity contribution in [2.75, 3.05) is 19.0 Å². The molecule has 1 aromatic carbocycles. The van der Waals surface area contributed by atoms with Crippen molar-refractivity contribution in [3.8, 4) is 0 Å². The van der Waals surface area contributed by atoms with Gasteiger partial charge in [0.25, 0.3) is 0 Å². The van der Waals surface area contributed by atoms with E-state index in [4.69, 9.17) is 4.74 Å². The number of hydrogen-bond donors (Lipinski definition) is 1. The highest BCUT2D eigenvalue weighted by Gasteiger charge is 2.12. The zero-order chi connectivity index (χ0) is 15.2. The number of nitrogens with one attached hydrogen (secondary N) is 1. The quantitative estimate of drug-likeness (QED) is 0.770. The normalized spacial score (nSPS) is 10.7. The standard InChI is InChI=1S/C15H17Br2N3O/c1-3-18-15-14(17)12(9-21-2)19-13(20-15)8-10-4-6-11(16)7-5-10/h4-7H,3,8-9H2,1-2H3,(H,18,19,20). The zero-order valence-corrected chi connectivity index (χ0v) is 15.2. The van der Waals surface area contributed by atoms with Crippen molar-refractivity contribution >= 4 is 37.7 Å². The Bertz CT molecular complexity index is 575. The lowest BCUT2D eigenvalue weighted by Gasteiger charge is -2.12. The topological polar surface area (TPSA) is 47.0 Å². The molecule has 0 aliphatic rings. The SMILES string of the molecule is CCNc1nc(Cc2ccc(Br)cc2)nc(COC)c1Br. The summed E-state index contributed by atoms with van der Waals surface area (Å²) in [5, 5.41) is 3.25. The number of hydrogen-bond acceptors (Lipinski definition) is 4. The first kappa shape index (κ1) is 16.4. The summed E-state index contributed by atoms with van der Waals surface area (Å²) < 4.78 is 7.14. The van der Waals surface area contributed by atoms with Crippen LogP contribution in [0.2, 0.25) is 0 Å². The highest BCUT2D eigenvalue weighted by molar-refractivity contribution is 9.11. The summed E-state index contributed by atoms with van der Waals surface area (Å²) in [7, 11) is 1.66. The van der Waals surface area contributed by atoms with Gasteiger partial charge in [-0.1, -0.05) is 28.1 Å². The van der Waals surface area contributed by atoms with Crippen LogP contribution in [0.25, 0.3) is 0 Å². The van der Waals surface area contributed by atoms with Crippen LogP contribution < -0.4 is 5.32 Å². The Morgan fingerprint density at radius 1 is 1.14 bits per heavy atom. The molecule has 0 amide bonds. The van der Waals surface area contributed by atoms with Gasteiger partial charge >= 0.3 is 0 Å². The first-order valence-corrected chi connectivity index (χ1v) is 8.25. The van der Waals surface area contributed by atoms with Crippen molar-refractivity contribution in [1.29, 1.82) is 0 Å². The average molecular weight is 415 g/mol. The van der Waals surface area contributed by atoms with Crippen LogP contribution in [-0.4, -0.2) is 23.6 Å². The van der Waals surface area contributed by atoms with E-state index in [-0.39, 0.29) is 0 Å². The molecule has 2 rings (SSSR count). The molecular formula is C15H17Br2N3O. The minimum atomic E-state index is 0.453. The van der Waals surface area contributed by atoms with E-state index in [1.165, 1.54) is 5.56 Å². The van der Waals surface area contributed by atoms with Crippen LogP contribution in [0.3, 0.4) is 0 Å². The van der Waals surface area contributed by atoms with Crippen molar-refractivity contribution in [3.05, 3.63) is 50.3 Å². The highest BCUT2D eigenvalue weighted by atomic mass is 79.9. The van der Waals surface area contributed by atoms with Crippen LogP contribution in [0, 0.1) is 0 Å². The van der Waals surface area contributed by atoms with Crippen LogP contribution in [-0.2, 0) is 17.8 Å². The number of aromatic nitrogens is 2. The van der Waals surface area contributed by atoms with Crippen molar-refractivity contribution in [1.82, 2.24) is 9.97 Å². The van der Waals surface area contributed by atoms with E-state index in [1.807, 2.05) is 19.1 Å². The molecule has 1 heterocycles. The predicted octanol–water partition coefficient (Wildman–Crippen LogP) is 4.17. The second-order valence-electron chi connectivity index (χ2n) is 4.52. The van der Waals surface area contributed by atoms with Crippen molar-refractivity contribution in [2.45, 2.75) is 20.0 Å². The second kappa shape index (κ2) is 7.87. The Kier molecular flexibility index (Phi) is 6.14. The van der Waals surface area contributed by atoms with Gasteiger partial charge in [0.15, 0.2) is 0 Å². The summed E-state index contributed by atoms with van der Waals surface area (Å²) >= 11 is 6.98. The van der Waals surface area contributed by atoms with Crippen LogP contribution in [0.4, 0.5) is 5.82 Å². The minimum Gasteiger partial charge on any atom is -0.378 e. The third-order valence-corrected chi connectivity index (χ3v) is 4.23. The second-order valence-corrected chi connectivity index (χ2v) is 6.22. The molecule has 0 fully saturated rings. The largest absolute Gasteiger partial charge is 0.378 e. The molecule has 0 unspecified atom stereocenters. The average Bonchev–Trinajstić information content (AvgIpc) is 2.47. The molecule has 0 atom stereocenters. The fraction of sp³-hybridized carbons (Fsp3) is 0.333. The van der Waals surface area contributed by atoms with Gasteiger partial charge in [-0.05, 0) is 40.5 Å². The van der Waals surface area contributed by atoms with Gasteiger partial charge in [-0.3, -0.25) is 0 Å². The number of ether oxygens (including phenoxy) is 1. The number of methoxy groups -OCH3 is 1. The number of rotatable bonds is 6. The maximum absolute atomic E-state index is 5.21.